The highest BCUT2D eigenvalue weighted by molar-refractivity contribution is 6.30. The largest absolute Gasteiger partial charge is 0.479 e. The summed E-state index contributed by atoms with van der Waals surface area (Å²) in [7, 11) is 0. The first kappa shape index (κ1) is 24.5. The van der Waals surface area contributed by atoms with E-state index in [4.69, 9.17) is 35.3 Å². The molecule has 0 heterocycles. The first-order chi connectivity index (χ1) is 14.0. The molecule has 0 spiro atoms. The number of hydrogen-bond donors (Lipinski definition) is 0. The van der Waals surface area contributed by atoms with Gasteiger partial charge in [-0.25, -0.2) is 9.59 Å². The minimum Gasteiger partial charge on any atom is -0.479 e. The van der Waals surface area contributed by atoms with Crippen LogP contribution in [0, 0.1) is 11.8 Å². The van der Waals surface area contributed by atoms with E-state index in [1.165, 1.54) is 12.2 Å². The molecule has 1 aromatic rings. The average Bonchev–Trinajstić information content (AvgIpc) is 2.71. The SMILES string of the molecule is CCOCCOCCOC(=O)C=CC#CCOC(=O)C(C)Oc1ccc(Cl)cc1. The zero-order valence-corrected chi connectivity index (χ0v) is 17.3. The zero-order chi connectivity index (χ0) is 21.3. The Labute approximate surface area is 175 Å². The summed E-state index contributed by atoms with van der Waals surface area (Å²) in [4.78, 5) is 23.3. The molecule has 1 unspecified atom stereocenters. The molecule has 0 aromatic heterocycles. The summed E-state index contributed by atoms with van der Waals surface area (Å²) in [6.45, 7) is 5.39. The summed E-state index contributed by atoms with van der Waals surface area (Å²) >= 11 is 5.79. The number of allylic oxidation sites excluding steroid dienone is 1. The molecule has 1 atom stereocenters. The lowest BCUT2D eigenvalue weighted by Gasteiger charge is -2.12. The molecule has 29 heavy (non-hydrogen) atoms. The monoisotopic (exact) mass is 424 g/mol. The first-order valence-corrected chi connectivity index (χ1v) is 9.46. The van der Waals surface area contributed by atoms with E-state index >= 15 is 0 Å². The van der Waals surface area contributed by atoms with E-state index in [0.29, 0.717) is 37.2 Å². The Bertz CT molecular complexity index is 704. The van der Waals surface area contributed by atoms with Crippen LogP contribution >= 0.6 is 11.6 Å². The quantitative estimate of drug-likeness (QED) is 0.221. The zero-order valence-electron chi connectivity index (χ0n) is 16.5. The predicted molar refractivity (Wildman–Crippen MR) is 108 cm³/mol. The smallest absolute Gasteiger partial charge is 0.347 e. The Kier molecular flexibility index (Phi) is 13.0. The standard InChI is InChI=1S/C21H25ClO7/c1-3-25-13-14-26-15-16-27-20(23)7-5-4-6-12-28-21(24)17(2)29-19-10-8-18(22)9-11-19/h5,7-11,17H,3,12-16H2,1-2H3. The maximum absolute atomic E-state index is 11.8. The maximum Gasteiger partial charge on any atom is 0.347 e. The van der Waals surface area contributed by atoms with Crippen molar-refractivity contribution in [3.63, 3.8) is 0 Å². The molecule has 0 aliphatic heterocycles. The normalized spacial score (nSPS) is 11.4. The summed E-state index contributed by atoms with van der Waals surface area (Å²) in [5.74, 6) is 4.59. The Hall–Kier alpha value is -2.53. The van der Waals surface area contributed by atoms with E-state index in [1.54, 1.807) is 31.2 Å². The van der Waals surface area contributed by atoms with Gasteiger partial charge in [0, 0.05) is 17.7 Å². The van der Waals surface area contributed by atoms with Crippen molar-refractivity contribution in [3.8, 4) is 17.6 Å². The Morgan fingerprint density at radius 2 is 1.76 bits per heavy atom. The number of carbonyl (C=O) groups excluding carboxylic acids is 2. The van der Waals surface area contributed by atoms with Crippen LogP contribution in [0.3, 0.4) is 0 Å². The minimum atomic E-state index is -0.792. The van der Waals surface area contributed by atoms with Crippen LogP contribution in [0.5, 0.6) is 5.75 Å². The second-order valence-corrected chi connectivity index (χ2v) is 5.89. The van der Waals surface area contributed by atoms with Gasteiger partial charge in [-0.1, -0.05) is 23.4 Å². The summed E-state index contributed by atoms with van der Waals surface area (Å²) in [6.07, 6.45) is 1.71. The van der Waals surface area contributed by atoms with E-state index in [-0.39, 0.29) is 13.2 Å². The van der Waals surface area contributed by atoms with Crippen molar-refractivity contribution in [2.75, 3.05) is 39.6 Å². The van der Waals surface area contributed by atoms with Crippen LogP contribution in [0.2, 0.25) is 5.02 Å². The summed E-state index contributed by atoms with van der Waals surface area (Å²) in [5, 5.41) is 0.575. The summed E-state index contributed by atoms with van der Waals surface area (Å²) in [5.41, 5.74) is 0. The van der Waals surface area contributed by atoms with Gasteiger partial charge in [-0.3, -0.25) is 0 Å². The van der Waals surface area contributed by atoms with Crippen LogP contribution in [0.25, 0.3) is 0 Å². The van der Waals surface area contributed by atoms with Crippen molar-refractivity contribution in [2.45, 2.75) is 20.0 Å². The van der Waals surface area contributed by atoms with E-state index < -0.39 is 18.0 Å². The average molecular weight is 425 g/mol. The molecule has 0 aliphatic carbocycles. The lowest BCUT2D eigenvalue weighted by molar-refractivity contribution is -0.149. The lowest BCUT2D eigenvalue weighted by Crippen LogP contribution is -2.26. The van der Waals surface area contributed by atoms with Crippen LogP contribution in [0.4, 0.5) is 0 Å². The number of halogens is 1. The Morgan fingerprint density at radius 3 is 2.48 bits per heavy atom. The molecule has 0 N–H and O–H groups in total. The van der Waals surface area contributed by atoms with E-state index in [1.807, 2.05) is 6.92 Å². The molecule has 0 saturated heterocycles. The highest BCUT2D eigenvalue weighted by Gasteiger charge is 2.15. The molecule has 1 rings (SSSR count). The van der Waals surface area contributed by atoms with Crippen LogP contribution in [0.1, 0.15) is 13.8 Å². The molecule has 0 fully saturated rings. The molecule has 7 nitrogen and oxygen atoms in total. The molecule has 0 bridgehead atoms. The topological polar surface area (TPSA) is 80.3 Å². The van der Waals surface area contributed by atoms with Crippen LogP contribution < -0.4 is 4.74 Å². The minimum absolute atomic E-state index is 0.125. The number of esters is 2. The van der Waals surface area contributed by atoms with Crippen molar-refractivity contribution in [1.29, 1.82) is 0 Å². The molecule has 8 heteroatoms. The molecule has 158 valence electrons. The van der Waals surface area contributed by atoms with Crippen LogP contribution in [-0.2, 0) is 28.5 Å². The summed E-state index contributed by atoms with van der Waals surface area (Å²) in [6, 6.07) is 6.63. The third kappa shape index (κ3) is 12.5. The number of carbonyl (C=O) groups is 2. The molecular formula is C21H25ClO7. The highest BCUT2D eigenvalue weighted by Crippen LogP contribution is 2.17. The highest BCUT2D eigenvalue weighted by atomic mass is 35.5. The van der Waals surface area contributed by atoms with Crippen molar-refractivity contribution < 1.29 is 33.3 Å². The fraction of sp³-hybridized carbons (Fsp3) is 0.429. The van der Waals surface area contributed by atoms with Gasteiger partial charge in [0.05, 0.1) is 19.8 Å². The molecule has 0 saturated carbocycles. The first-order valence-electron chi connectivity index (χ1n) is 9.09. The third-order valence-corrected chi connectivity index (χ3v) is 3.45. The van der Waals surface area contributed by atoms with E-state index in [0.717, 1.165) is 0 Å². The Morgan fingerprint density at radius 1 is 1.07 bits per heavy atom. The van der Waals surface area contributed by atoms with E-state index in [2.05, 4.69) is 11.8 Å². The number of benzene rings is 1. The fourth-order valence-corrected chi connectivity index (χ4v) is 1.94. The Balaban J connectivity index is 2.15. The second kappa shape index (κ2) is 15.4. The number of rotatable bonds is 12. The maximum atomic E-state index is 11.8. The van der Waals surface area contributed by atoms with Crippen LogP contribution in [-0.4, -0.2) is 57.7 Å². The van der Waals surface area contributed by atoms with Crippen molar-refractivity contribution >= 4 is 23.5 Å². The summed E-state index contributed by atoms with van der Waals surface area (Å²) < 4.78 is 25.7. The number of ether oxygens (including phenoxy) is 5. The van der Waals surface area contributed by atoms with Gasteiger partial charge in [0.2, 0.25) is 0 Å². The fourth-order valence-electron chi connectivity index (χ4n) is 1.81. The van der Waals surface area contributed by atoms with Gasteiger partial charge >= 0.3 is 11.9 Å². The third-order valence-electron chi connectivity index (χ3n) is 3.20. The van der Waals surface area contributed by atoms with Crippen LogP contribution in [0.15, 0.2) is 36.4 Å². The van der Waals surface area contributed by atoms with Gasteiger partial charge < -0.3 is 23.7 Å². The number of hydrogen-bond acceptors (Lipinski definition) is 7. The molecule has 0 radical (unpaired) electrons. The van der Waals surface area contributed by atoms with Crippen molar-refractivity contribution in [3.05, 3.63) is 41.4 Å². The van der Waals surface area contributed by atoms with E-state index in [9.17, 15) is 9.59 Å². The molecule has 0 aliphatic rings. The van der Waals surface area contributed by atoms with Gasteiger partial charge in [0.25, 0.3) is 0 Å². The second-order valence-electron chi connectivity index (χ2n) is 5.45. The van der Waals surface area contributed by atoms with Crippen molar-refractivity contribution in [2.24, 2.45) is 0 Å². The van der Waals surface area contributed by atoms with Crippen molar-refractivity contribution in [1.82, 2.24) is 0 Å². The van der Waals surface area contributed by atoms with Gasteiger partial charge in [-0.2, -0.15) is 0 Å². The molecule has 0 amide bonds. The molecule has 1 aromatic carbocycles. The lowest BCUT2D eigenvalue weighted by atomic mass is 10.3. The van der Waals surface area contributed by atoms with Gasteiger partial charge in [0.15, 0.2) is 12.7 Å². The van der Waals surface area contributed by atoms with Gasteiger partial charge in [-0.15, -0.1) is 0 Å². The predicted octanol–water partition coefficient (Wildman–Crippen LogP) is 2.81. The van der Waals surface area contributed by atoms with Gasteiger partial charge in [0.1, 0.15) is 12.4 Å². The molecular weight excluding hydrogens is 400 g/mol. The van der Waals surface area contributed by atoms with Gasteiger partial charge in [-0.05, 0) is 44.2 Å².